The number of rotatable bonds is 3. The highest BCUT2D eigenvalue weighted by atomic mass is 19.4. The molecule has 0 unspecified atom stereocenters. The van der Waals surface area contributed by atoms with Crippen LogP contribution < -0.4 is 5.32 Å². The Morgan fingerprint density at radius 3 is 2.14 bits per heavy atom. The zero-order chi connectivity index (χ0) is 14.9. The average molecular weight is 291 g/mol. The van der Waals surface area contributed by atoms with Crippen molar-refractivity contribution in [1.82, 2.24) is 0 Å². The third-order valence-electron chi connectivity index (χ3n) is 4.00. The molecule has 0 spiro atoms. The van der Waals surface area contributed by atoms with E-state index in [2.05, 4.69) is 17.4 Å². The van der Waals surface area contributed by atoms with E-state index in [-0.39, 0.29) is 11.7 Å². The Morgan fingerprint density at radius 2 is 1.48 bits per heavy atom. The molecule has 110 valence electrons. The lowest BCUT2D eigenvalue weighted by Crippen LogP contribution is -2.34. The maximum absolute atomic E-state index is 12.9. The quantitative estimate of drug-likeness (QED) is 0.833. The van der Waals surface area contributed by atoms with Crippen LogP contribution >= 0.6 is 0 Å². The summed E-state index contributed by atoms with van der Waals surface area (Å²) in [6.45, 7) is 0. The molecule has 2 aromatic rings. The first kappa shape index (κ1) is 14.0. The van der Waals surface area contributed by atoms with Gasteiger partial charge in [0.2, 0.25) is 0 Å². The molecule has 1 saturated carbocycles. The van der Waals surface area contributed by atoms with E-state index in [1.165, 1.54) is 17.7 Å². The van der Waals surface area contributed by atoms with E-state index in [0.29, 0.717) is 5.92 Å². The van der Waals surface area contributed by atoms with Crippen molar-refractivity contribution in [2.45, 2.75) is 31.0 Å². The van der Waals surface area contributed by atoms with Gasteiger partial charge in [-0.3, -0.25) is 0 Å². The molecule has 0 amide bonds. The van der Waals surface area contributed by atoms with Crippen LogP contribution in [0.2, 0.25) is 0 Å². The van der Waals surface area contributed by atoms with Gasteiger partial charge in [-0.15, -0.1) is 0 Å². The van der Waals surface area contributed by atoms with Crippen molar-refractivity contribution in [3.05, 3.63) is 65.7 Å². The van der Waals surface area contributed by atoms with Crippen LogP contribution in [-0.2, 0) is 6.18 Å². The summed E-state index contributed by atoms with van der Waals surface area (Å²) in [5, 5.41) is 3.03. The average Bonchev–Trinajstić information content (AvgIpc) is 2.43. The van der Waals surface area contributed by atoms with Gasteiger partial charge in [0.15, 0.2) is 0 Å². The summed E-state index contributed by atoms with van der Waals surface area (Å²) >= 11 is 0. The van der Waals surface area contributed by atoms with Crippen molar-refractivity contribution in [2.24, 2.45) is 0 Å². The molecule has 1 fully saturated rings. The SMILES string of the molecule is FC(F)(F)c1ccccc1NC1CC(c2ccccc2)C1. The van der Waals surface area contributed by atoms with E-state index < -0.39 is 11.7 Å². The molecular formula is C17H16F3N. The number of anilines is 1. The van der Waals surface area contributed by atoms with Crippen molar-refractivity contribution in [3.8, 4) is 0 Å². The first-order valence-electron chi connectivity index (χ1n) is 7.02. The molecule has 1 aliphatic carbocycles. The summed E-state index contributed by atoms with van der Waals surface area (Å²) in [4.78, 5) is 0. The van der Waals surface area contributed by atoms with Crippen molar-refractivity contribution >= 4 is 5.69 Å². The number of para-hydroxylation sites is 1. The predicted octanol–water partition coefficient (Wildman–Crippen LogP) is 5.06. The largest absolute Gasteiger partial charge is 0.418 e. The Hall–Kier alpha value is -1.97. The van der Waals surface area contributed by atoms with E-state index in [0.717, 1.165) is 18.9 Å². The van der Waals surface area contributed by atoms with Gasteiger partial charge in [-0.05, 0) is 36.5 Å². The highest BCUT2D eigenvalue weighted by Gasteiger charge is 2.35. The molecule has 0 heterocycles. The summed E-state index contributed by atoms with van der Waals surface area (Å²) in [7, 11) is 0. The van der Waals surface area contributed by atoms with Crippen molar-refractivity contribution < 1.29 is 13.2 Å². The second-order valence-electron chi connectivity index (χ2n) is 5.46. The van der Waals surface area contributed by atoms with Crippen LogP contribution in [0.3, 0.4) is 0 Å². The monoisotopic (exact) mass is 291 g/mol. The van der Waals surface area contributed by atoms with Crippen molar-refractivity contribution in [2.75, 3.05) is 5.32 Å². The molecule has 4 heteroatoms. The number of hydrogen-bond donors (Lipinski definition) is 1. The Bertz CT molecular complexity index is 601. The molecule has 0 radical (unpaired) electrons. The fraction of sp³-hybridized carbons (Fsp3) is 0.294. The minimum Gasteiger partial charge on any atom is -0.382 e. The number of halogens is 3. The second kappa shape index (κ2) is 5.43. The molecule has 1 aliphatic rings. The van der Waals surface area contributed by atoms with Gasteiger partial charge >= 0.3 is 6.18 Å². The molecule has 2 aromatic carbocycles. The Kier molecular flexibility index (Phi) is 3.62. The topological polar surface area (TPSA) is 12.0 Å². The minimum absolute atomic E-state index is 0.110. The highest BCUT2D eigenvalue weighted by molar-refractivity contribution is 5.53. The first-order chi connectivity index (χ1) is 10.0. The lowest BCUT2D eigenvalue weighted by atomic mass is 9.76. The zero-order valence-electron chi connectivity index (χ0n) is 11.4. The maximum Gasteiger partial charge on any atom is 0.418 e. The normalized spacial score (nSPS) is 21.7. The van der Waals surface area contributed by atoms with Crippen LogP contribution in [0.1, 0.15) is 29.9 Å². The summed E-state index contributed by atoms with van der Waals surface area (Å²) < 4.78 is 38.8. The molecule has 1 N–H and O–H groups in total. The van der Waals surface area contributed by atoms with Gasteiger partial charge in [-0.1, -0.05) is 42.5 Å². The smallest absolute Gasteiger partial charge is 0.382 e. The zero-order valence-corrected chi connectivity index (χ0v) is 11.4. The molecule has 0 atom stereocenters. The molecule has 3 rings (SSSR count). The Morgan fingerprint density at radius 1 is 0.857 bits per heavy atom. The molecule has 0 aromatic heterocycles. The van der Waals surface area contributed by atoms with Crippen LogP contribution in [0.5, 0.6) is 0 Å². The summed E-state index contributed by atoms with van der Waals surface area (Å²) in [5.74, 6) is 0.446. The molecule has 21 heavy (non-hydrogen) atoms. The van der Waals surface area contributed by atoms with Gasteiger partial charge in [0, 0.05) is 11.7 Å². The van der Waals surface area contributed by atoms with Gasteiger partial charge in [0.1, 0.15) is 0 Å². The molecule has 0 aliphatic heterocycles. The van der Waals surface area contributed by atoms with E-state index >= 15 is 0 Å². The molecule has 0 saturated heterocycles. The molecular weight excluding hydrogens is 275 g/mol. The lowest BCUT2D eigenvalue weighted by molar-refractivity contribution is -0.137. The summed E-state index contributed by atoms with van der Waals surface area (Å²) in [5.41, 5.74) is 0.856. The van der Waals surface area contributed by atoms with Crippen LogP contribution in [-0.4, -0.2) is 6.04 Å². The van der Waals surface area contributed by atoms with E-state index in [4.69, 9.17) is 0 Å². The fourth-order valence-electron chi connectivity index (χ4n) is 2.81. The van der Waals surface area contributed by atoms with Crippen molar-refractivity contribution in [1.29, 1.82) is 0 Å². The van der Waals surface area contributed by atoms with Crippen LogP contribution in [0.25, 0.3) is 0 Å². The standard InChI is InChI=1S/C17H16F3N/c18-17(19,20)15-8-4-5-9-16(15)21-14-10-13(11-14)12-6-2-1-3-7-12/h1-9,13-14,21H,10-11H2. The minimum atomic E-state index is -4.31. The third-order valence-corrected chi connectivity index (χ3v) is 4.00. The highest BCUT2D eigenvalue weighted by Crippen LogP contribution is 2.41. The van der Waals surface area contributed by atoms with Gasteiger partial charge in [-0.2, -0.15) is 13.2 Å². The van der Waals surface area contributed by atoms with Crippen LogP contribution in [0.4, 0.5) is 18.9 Å². The maximum atomic E-state index is 12.9. The fourth-order valence-corrected chi connectivity index (χ4v) is 2.81. The Labute approximate surface area is 121 Å². The van der Waals surface area contributed by atoms with Gasteiger partial charge < -0.3 is 5.32 Å². The second-order valence-corrected chi connectivity index (χ2v) is 5.46. The number of alkyl halides is 3. The summed E-state index contributed by atoms with van der Waals surface area (Å²) in [6, 6.07) is 15.9. The lowest BCUT2D eigenvalue weighted by Gasteiger charge is -2.37. The Balaban J connectivity index is 1.65. The molecule has 1 nitrogen and oxygen atoms in total. The van der Waals surface area contributed by atoms with Crippen LogP contribution in [0, 0.1) is 0 Å². The van der Waals surface area contributed by atoms with Gasteiger partial charge in [0.25, 0.3) is 0 Å². The summed E-state index contributed by atoms with van der Waals surface area (Å²) in [6.07, 6.45) is -2.57. The first-order valence-corrected chi connectivity index (χ1v) is 7.02. The van der Waals surface area contributed by atoms with Crippen LogP contribution in [0.15, 0.2) is 54.6 Å². The van der Waals surface area contributed by atoms with E-state index in [9.17, 15) is 13.2 Å². The van der Waals surface area contributed by atoms with Gasteiger partial charge in [0.05, 0.1) is 5.56 Å². The number of benzene rings is 2. The third kappa shape index (κ3) is 3.04. The van der Waals surface area contributed by atoms with Crippen molar-refractivity contribution in [3.63, 3.8) is 0 Å². The number of hydrogen-bond acceptors (Lipinski definition) is 1. The van der Waals surface area contributed by atoms with Gasteiger partial charge in [-0.25, -0.2) is 0 Å². The predicted molar refractivity (Wildman–Crippen MR) is 77.3 cm³/mol. The molecule has 0 bridgehead atoms. The van der Waals surface area contributed by atoms with E-state index in [1.807, 2.05) is 18.2 Å². The van der Waals surface area contributed by atoms with E-state index in [1.54, 1.807) is 6.07 Å². The number of nitrogens with one attached hydrogen (secondary N) is 1.